The first-order valence-corrected chi connectivity index (χ1v) is 7.66. The third kappa shape index (κ3) is 3.25. The van der Waals surface area contributed by atoms with Gasteiger partial charge in [0, 0.05) is 5.56 Å². The fraction of sp³-hybridized carbons (Fsp3) is 0.105. The number of allylic oxidation sites excluding steroid dienone is 1. The van der Waals surface area contributed by atoms with Crippen LogP contribution in [0, 0.1) is 5.41 Å². The van der Waals surface area contributed by atoms with Crippen LogP contribution in [0.15, 0.2) is 59.7 Å². The number of ether oxygens (including phenoxy) is 1. The van der Waals surface area contributed by atoms with E-state index in [0.717, 1.165) is 16.8 Å². The second kappa shape index (κ2) is 6.91. The molecule has 2 N–H and O–H groups in total. The first-order chi connectivity index (χ1) is 11.7. The molecule has 2 aromatic carbocycles. The highest BCUT2D eigenvalue weighted by Gasteiger charge is 2.15. The summed E-state index contributed by atoms with van der Waals surface area (Å²) in [4.78, 5) is 11.6. The molecule has 5 nitrogen and oxygen atoms in total. The lowest BCUT2D eigenvalue weighted by molar-refractivity contribution is 0.0526. The number of fused-ring (bicyclic) bond motifs is 1. The van der Waals surface area contributed by atoms with Gasteiger partial charge in [0.1, 0.15) is 5.71 Å². The summed E-state index contributed by atoms with van der Waals surface area (Å²) < 4.78 is 4.95. The number of anilines is 1. The van der Waals surface area contributed by atoms with Crippen LogP contribution in [0.25, 0.3) is 6.08 Å². The highest BCUT2D eigenvalue weighted by molar-refractivity contribution is 6.53. The molecule has 1 aliphatic carbocycles. The van der Waals surface area contributed by atoms with E-state index in [9.17, 15) is 4.79 Å². The molecule has 0 saturated carbocycles. The first-order valence-electron chi connectivity index (χ1n) is 7.66. The molecule has 0 spiro atoms. The van der Waals surface area contributed by atoms with Crippen LogP contribution in [0.5, 0.6) is 0 Å². The number of hydrogen-bond donors (Lipinski definition) is 2. The van der Waals surface area contributed by atoms with E-state index in [-0.39, 0.29) is 5.97 Å². The molecule has 2 aromatic rings. The van der Waals surface area contributed by atoms with Crippen molar-refractivity contribution in [2.45, 2.75) is 6.92 Å². The van der Waals surface area contributed by atoms with Crippen LogP contribution in [0.4, 0.5) is 5.69 Å². The van der Waals surface area contributed by atoms with Crippen molar-refractivity contribution in [2.75, 3.05) is 12.0 Å². The van der Waals surface area contributed by atoms with Gasteiger partial charge in [-0.2, -0.15) is 5.10 Å². The number of carbonyl (C=O) groups excluding carboxylic acids is 1. The van der Waals surface area contributed by atoms with E-state index in [2.05, 4.69) is 10.5 Å². The summed E-state index contributed by atoms with van der Waals surface area (Å²) in [6.07, 6.45) is 3.64. The number of rotatable bonds is 4. The van der Waals surface area contributed by atoms with Crippen LogP contribution in [0.3, 0.4) is 0 Å². The van der Waals surface area contributed by atoms with E-state index >= 15 is 0 Å². The molecule has 0 aromatic heterocycles. The van der Waals surface area contributed by atoms with E-state index in [4.69, 9.17) is 10.1 Å². The fourth-order valence-electron chi connectivity index (χ4n) is 2.39. The van der Waals surface area contributed by atoms with Gasteiger partial charge in [0.2, 0.25) is 0 Å². The molecule has 0 atom stereocenters. The molecular formula is C19H17N3O2. The van der Waals surface area contributed by atoms with E-state index in [1.54, 1.807) is 37.3 Å². The van der Waals surface area contributed by atoms with Gasteiger partial charge in [-0.05, 0) is 42.8 Å². The minimum absolute atomic E-state index is 0.344. The molecule has 0 heterocycles. The van der Waals surface area contributed by atoms with Crippen LogP contribution in [-0.2, 0) is 4.74 Å². The third-order valence-electron chi connectivity index (χ3n) is 3.59. The Hall–Kier alpha value is -3.21. The predicted octanol–water partition coefficient (Wildman–Crippen LogP) is 3.73. The molecule has 1 aliphatic rings. The quantitative estimate of drug-likeness (QED) is 0.666. The highest BCUT2D eigenvalue weighted by atomic mass is 16.5. The average molecular weight is 319 g/mol. The molecule has 0 amide bonds. The van der Waals surface area contributed by atoms with Crippen molar-refractivity contribution in [1.29, 1.82) is 5.41 Å². The first kappa shape index (κ1) is 15.7. The topological polar surface area (TPSA) is 74.5 Å². The van der Waals surface area contributed by atoms with Crippen molar-refractivity contribution in [1.82, 2.24) is 0 Å². The second-order valence-electron chi connectivity index (χ2n) is 5.20. The van der Waals surface area contributed by atoms with Gasteiger partial charge in [-0.15, -0.1) is 0 Å². The Bertz CT molecular complexity index is 836. The SMILES string of the molecule is CCOC(=O)c1ccc(N/N=C2\C(=N)C=Cc3ccccc32)cc1. The van der Waals surface area contributed by atoms with Crippen molar-refractivity contribution in [2.24, 2.45) is 5.10 Å². The normalized spacial score (nSPS) is 14.4. The number of benzene rings is 2. The predicted molar refractivity (Wildman–Crippen MR) is 95.8 cm³/mol. The van der Waals surface area contributed by atoms with Gasteiger partial charge < -0.3 is 4.74 Å². The van der Waals surface area contributed by atoms with E-state index < -0.39 is 0 Å². The van der Waals surface area contributed by atoms with Crippen LogP contribution in [0.2, 0.25) is 0 Å². The summed E-state index contributed by atoms with van der Waals surface area (Å²) in [6.45, 7) is 2.12. The van der Waals surface area contributed by atoms with Crippen LogP contribution >= 0.6 is 0 Å². The lowest BCUT2D eigenvalue weighted by atomic mass is 9.94. The van der Waals surface area contributed by atoms with Crippen molar-refractivity contribution < 1.29 is 9.53 Å². The van der Waals surface area contributed by atoms with E-state index in [0.29, 0.717) is 23.6 Å². The second-order valence-corrected chi connectivity index (χ2v) is 5.20. The smallest absolute Gasteiger partial charge is 0.338 e. The van der Waals surface area contributed by atoms with E-state index in [1.165, 1.54) is 0 Å². The summed E-state index contributed by atoms with van der Waals surface area (Å²) in [5.41, 5.74) is 7.06. The number of hydrogen-bond acceptors (Lipinski definition) is 5. The lowest BCUT2D eigenvalue weighted by Gasteiger charge is -2.14. The maximum Gasteiger partial charge on any atom is 0.338 e. The highest BCUT2D eigenvalue weighted by Crippen LogP contribution is 2.18. The van der Waals surface area contributed by atoms with Crippen LogP contribution in [0.1, 0.15) is 28.4 Å². The van der Waals surface area contributed by atoms with Gasteiger partial charge in [0.25, 0.3) is 0 Å². The molecule has 0 bridgehead atoms. The van der Waals surface area contributed by atoms with Gasteiger partial charge in [-0.25, -0.2) is 4.79 Å². The number of nitrogens with zero attached hydrogens (tertiary/aromatic N) is 1. The Morgan fingerprint density at radius 2 is 1.88 bits per heavy atom. The minimum atomic E-state index is -0.344. The van der Waals surface area contributed by atoms with Crippen LogP contribution < -0.4 is 5.43 Å². The zero-order valence-corrected chi connectivity index (χ0v) is 13.2. The Kier molecular flexibility index (Phi) is 4.52. The van der Waals surface area contributed by atoms with Gasteiger partial charge in [-0.3, -0.25) is 10.8 Å². The molecule has 3 rings (SSSR count). The minimum Gasteiger partial charge on any atom is -0.462 e. The number of hydrazone groups is 1. The van der Waals surface area contributed by atoms with Crippen LogP contribution in [-0.4, -0.2) is 24.0 Å². The molecule has 120 valence electrons. The maximum atomic E-state index is 11.6. The van der Waals surface area contributed by atoms with Crippen molar-refractivity contribution >= 4 is 29.2 Å². The number of carbonyl (C=O) groups is 1. The zero-order chi connectivity index (χ0) is 16.9. The van der Waals surface area contributed by atoms with Crippen molar-refractivity contribution in [3.05, 3.63) is 71.3 Å². The molecule has 0 fully saturated rings. The third-order valence-corrected chi connectivity index (χ3v) is 3.59. The number of nitrogens with one attached hydrogen (secondary N) is 2. The molecule has 0 aliphatic heterocycles. The van der Waals surface area contributed by atoms with Crippen molar-refractivity contribution in [3.8, 4) is 0 Å². The maximum absolute atomic E-state index is 11.6. The zero-order valence-electron chi connectivity index (χ0n) is 13.2. The molecule has 0 unspecified atom stereocenters. The van der Waals surface area contributed by atoms with Crippen molar-refractivity contribution in [3.63, 3.8) is 0 Å². The summed E-state index contributed by atoms with van der Waals surface area (Å²) >= 11 is 0. The lowest BCUT2D eigenvalue weighted by Crippen LogP contribution is -2.18. The van der Waals surface area contributed by atoms with Gasteiger partial charge in [0.15, 0.2) is 0 Å². The summed E-state index contributed by atoms with van der Waals surface area (Å²) in [7, 11) is 0. The Morgan fingerprint density at radius 1 is 1.12 bits per heavy atom. The molecule has 5 heteroatoms. The Morgan fingerprint density at radius 3 is 2.62 bits per heavy atom. The molecule has 0 saturated heterocycles. The Balaban J connectivity index is 1.79. The average Bonchev–Trinajstić information content (AvgIpc) is 2.61. The number of esters is 1. The Labute approximate surface area is 140 Å². The van der Waals surface area contributed by atoms with E-state index in [1.807, 2.05) is 30.3 Å². The standard InChI is InChI=1S/C19H17N3O2/c1-2-24-19(23)14-7-10-15(11-8-14)21-22-18-16-6-4-3-5-13(16)9-12-17(18)20/h3-12,20-21H,2H2,1H3/b20-17?,22-18-. The monoisotopic (exact) mass is 319 g/mol. The summed E-state index contributed by atoms with van der Waals surface area (Å²) in [5.74, 6) is -0.344. The summed E-state index contributed by atoms with van der Waals surface area (Å²) in [5, 5.41) is 12.4. The largest absolute Gasteiger partial charge is 0.462 e. The van der Waals surface area contributed by atoms with Gasteiger partial charge >= 0.3 is 5.97 Å². The molecular weight excluding hydrogens is 302 g/mol. The molecule has 24 heavy (non-hydrogen) atoms. The molecule has 0 radical (unpaired) electrons. The summed E-state index contributed by atoms with van der Waals surface area (Å²) in [6, 6.07) is 14.7. The van der Waals surface area contributed by atoms with Gasteiger partial charge in [0.05, 0.1) is 23.6 Å². The fourth-order valence-corrected chi connectivity index (χ4v) is 2.39. The van der Waals surface area contributed by atoms with Gasteiger partial charge in [-0.1, -0.05) is 30.3 Å².